The van der Waals surface area contributed by atoms with Crippen LogP contribution in [0, 0.1) is 0 Å². The Morgan fingerprint density at radius 2 is 1.95 bits per heavy atom. The van der Waals surface area contributed by atoms with Crippen LogP contribution in [0.2, 0.25) is 0 Å². The zero-order valence-electron chi connectivity index (χ0n) is 10.8. The third kappa shape index (κ3) is 3.15. The fraction of sp³-hybridized carbons (Fsp3) is 0.231. The maximum absolute atomic E-state index is 11.9. The highest BCUT2D eigenvalue weighted by Gasteiger charge is 2.17. The summed E-state index contributed by atoms with van der Waals surface area (Å²) in [5, 5.41) is 7.29. The lowest BCUT2D eigenvalue weighted by Crippen LogP contribution is -2.20. The predicted molar refractivity (Wildman–Crippen MR) is 79.0 cm³/mol. The minimum Gasteiger partial charge on any atom is -0.377 e. The Bertz CT molecular complexity index is 636. The highest BCUT2D eigenvalue weighted by Crippen LogP contribution is 2.26. The largest absolute Gasteiger partial charge is 0.377 e. The van der Waals surface area contributed by atoms with Crippen LogP contribution in [0.3, 0.4) is 0 Å². The van der Waals surface area contributed by atoms with Crippen molar-refractivity contribution in [3.8, 4) is 0 Å². The maximum Gasteiger partial charge on any atom is 0.242 e. The molecule has 0 aliphatic rings. The van der Waals surface area contributed by atoms with Crippen molar-refractivity contribution in [3.05, 3.63) is 46.7 Å². The molecule has 0 bridgehead atoms. The molecule has 0 radical (unpaired) electrons. The van der Waals surface area contributed by atoms with Crippen molar-refractivity contribution in [1.82, 2.24) is 4.72 Å². The van der Waals surface area contributed by atoms with Gasteiger partial charge in [-0.3, -0.25) is 0 Å². The molecule has 0 amide bonds. The Hall–Kier alpha value is -1.37. The van der Waals surface area contributed by atoms with Crippen LogP contribution in [0.15, 0.2) is 46.0 Å². The number of hydrogen-bond acceptors (Lipinski definition) is 4. The molecule has 0 fully saturated rings. The molecule has 2 N–H and O–H groups in total. The first-order valence-corrected chi connectivity index (χ1v) is 8.28. The number of anilines is 1. The number of hydrogen-bond donors (Lipinski definition) is 2. The molecular weight excluding hydrogens is 280 g/mol. The van der Waals surface area contributed by atoms with E-state index in [0.29, 0.717) is 5.69 Å². The summed E-state index contributed by atoms with van der Waals surface area (Å²) in [6.45, 7) is 2.00. The molecule has 2 aromatic rings. The number of thiophene rings is 1. The van der Waals surface area contributed by atoms with Crippen LogP contribution in [0.4, 0.5) is 5.69 Å². The summed E-state index contributed by atoms with van der Waals surface area (Å²) in [5.41, 5.74) is 1.75. The van der Waals surface area contributed by atoms with E-state index in [2.05, 4.69) is 10.0 Å². The van der Waals surface area contributed by atoms with Gasteiger partial charge in [0.25, 0.3) is 0 Å². The van der Waals surface area contributed by atoms with Gasteiger partial charge in [0.2, 0.25) is 10.0 Å². The van der Waals surface area contributed by atoms with E-state index < -0.39 is 10.0 Å². The summed E-state index contributed by atoms with van der Waals surface area (Å²) in [6.07, 6.45) is 0. The molecule has 0 saturated heterocycles. The van der Waals surface area contributed by atoms with Gasteiger partial charge in [0.15, 0.2) is 0 Å². The van der Waals surface area contributed by atoms with Crippen molar-refractivity contribution in [2.45, 2.75) is 17.9 Å². The van der Waals surface area contributed by atoms with Gasteiger partial charge in [-0.05, 0) is 48.5 Å². The molecule has 6 heteroatoms. The van der Waals surface area contributed by atoms with Crippen LogP contribution < -0.4 is 10.0 Å². The quantitative estimate of drug-likeness (QED) is 0.892. The molecule has 1 unspecified atom stereocenters. The van der Waals surface area contributed by atoms with Gasteiger partial charge in [-0.2, -0.15) is 11.3 Å². The Kier molecular flexibility index (Phi) is 4.24. The van der Waals surface area contributed by atoms with E-state index >= 15 is 0 Å². The number of nitrogens with one attached hydrogen (secondary N) is 2. The summed E-state index contributed by atoms with van der Waals surface area (Å²) in [4.78, 5) is 0.263. The summed E-state index contributed by atoms with van der Waals surface area (Å²) < 4.78 is 26.2. The number of benzene rings is 1. The first-order valence-electron chi connectivity index (χ1n) is 5.86. The van der Waals surface area contributed by atoms with E-state index in [4.69, 9.17) is 0 Å². The maximum atomic E-state index is 11.9. The average Bonchev–Trinajstić information content (AvgIpc) is 2.93. The van der Waals surface area contributed by atoms with Crippen LogP contribution in [-0.2, 0) is 10.0 Å². The Morgan fingerprint density at radius 3 is 2.58 bits per heavy atom. The third-order valence-electron chi connectivity index (χ3n) is 2.86. The van der Waals surface area contributed by atoms with Crippen molar-refractivity contribution in [2.24, 2.45) is 0 Å². The highest BCUT2D eigenvalue weighted by atomic mass is 32.2. The Labute approximate surface area is 117 Å². The van der Waals surface area contributed by atoms with Crippen LogP contribution >= 0.6 is 11.3 Å². The second-order valence-corrected chi connectivity index (χ2v) is 6.76. The minimum absolute atomic E-state index is 0.0551. The van der Waals surface area contributed by atoms with E-state index in [1.165, 1.54) is 7.05 Å². The number of para-hydroxylation sites is 1. The average molecular weight is 296 g/mol. The molecule has 0 spiro atoms. The second kappa shape index (κ2) is 5.73. The van der Waals surface area contributed by atoms with Crippen molar-refractivity contribution in [1.29, 1.82) is 0 Å². The molecule has 0 saturated carbocycles. The van der Waals surface area contributed by atoms with Crippen molar-refractivity contribution in [3.63, 3.8) is 0 Å². The van der Waals surface area contributed by atoms with E-state index in [0.717, 1.165) is 5.56 Å². The van der Waals surface area contributed by atoms with Gasteiger partial charge in [-0.1, -0.05) is 12.1 Å². The van der Waals surface area contributed by atoms with Crippen molar-refractivity contribution < 1.29 is 8.42 Å². The van der Waals surface area contributed by atoms with Gasteiger partial charge in [-0.15, -0.1) is 0 Å². The fourth-order valence-electron chi connectivity index (χ4n) is 1.77. The molecule has 1 aromatic carbocycles. The molecular formula is C13H16N2O2S2. The van der Waals surface area contributed by atoms with Gasteiger partial charge in [-0.25, -0.2) is 13.1 Å². The van der Waals surface area contributed by atoms with Crippen molar-refractivity contribution >= 4 is 27.0 Å². The van der Waals surface area contributed by atoms with Gasteiger partial charge in [0.1, 0.15) is 4.90 Å². The van der Waals surface area contributed by atoms with Gasteiger partial charge in [0, 0.05) is 6.04 Å². The third-order valence-corrected chi connectivity index (χ3v) is 5.03. The Morgan fingerprint density at radius 1 is 1.21 bits per heavy atom. The SMILES string of the molecule is CNS(=O)(=O)c1ccccc1NC(C)c1ccsc1. The zero-order chi connectivity index (χ0) is 13.9. The standard InChI is InChI=1S/C13H16N2O2S2/c1-10(11-7-8-18-9-11)15-12-5-3-4-6-13(12)19(16,17)14-2/h3-10,14-15H,1-2H3. The van der Waals surface area contributed by atoms with E-state index in [1.807, 2.05) is 29.8 Å². The lowest BCUT2D eigenvalue weighted by molar-refractivity contribution is 0.588. The molecule has 1 heterocycles. The first-order chi connectivity index (χ1) is 9.04. The van der Waals surface area contributed by atoms with Gasteiger partial charge in [0.05, 0.1) is 5.69 Å². The molecule has 1 aromatic heterocycles. The molecule has 19 heavy (non-hydrogen) atoms. The molecule has 1 atom stereocenters. The normalized spacial score (nSPS) is 13.2. The lowest BCUT2D eigenvalue weighted by Gasteiger charge is -2.17. The summed E-state index contributed by atoms with van der Waals surface area (Å²) in [5.74, 6) is 0. The summed E-state index contributed by atoms with van der Waals surface area (Å²) in [6, 6.07) is 8.97. The Balaban J connectivity index is 2.31. The molecule has 4 nitrogen and oxygen atoms in total. The van der Waals surface area contributed by atoms with Gasteiger partial charge >= 0.3 is 0 Å². The predicted octanol–water partition coefficient (Wildman–Crippen LogP) is 2.83. The highest BCUT2D eigenvalue weighted by molar-refractivity contribution is 7.89. The molecule has 2 rings (SSSR count). The topological polar surface area (TPSA) is 58.2 Å². The van der Waals surface area contributed by atoms with Gasteiger partial charge < -0.3 is 5.32 Å². The smallest absolute Gasteiger partial charge is 0.242 e. The monoisotopic (exact) mass is 296 g/mol. The first kappa shape index (κ1) is 14.0. The fourth-order valence-corrected chi connectivity index (χ4v) is 3.42. The minimum atomic E-state index is -3.45. The van der Waals surface area contributed by atoms with Crippen LogP contribution in [0.25, 0.3) is 0 Å². The molecule has 0 aliphatic heterocycles. The van der Waals surface area contributed by atoms with Crippen LogP contribution in [0.1, 0.15) is 18.5 Å². The molecule has 0 aliphatic carbocycles. The van der Waals surface area contributed by atoms with E-state index in [1.54, 1.807) is 29.5 Å². The molecule has 102 valence electrons. The zero-order valence-corrected chi connectivity index (χ0v) is 12.4. The number of rotatable bonds is 5. The van der Waals surface area contributed by atoms with Crippen LogP contribution in [-0.4, -0.2) is 15.5 Å². The lowest BCUT2D eigenvalue weighted by atomic mass is 10.1. The van der Waals surface area contributed by atoms with Crippen molar-refractivity contribution in [2.75, 3.05) is 12.4 Å². The summed E-state index contributed by atoms with van der Waals surface area (Å²) >= 11 is 1.62. The summed E-state index contributed by atoms with van der Waals surface area (Å²) in [7, 11) is -2.04. The van der Waals surface area contributed by atoms with Crippen LogP contribution in [0.5, 0.6) is 0 Å². The number of sulfonamides is 1. The second-order valence-electron chi connectivity index (χ2n) is 4.13. The van der Waals surface area contributed by atoms with E-state index in [9.17, 15) is 8.42 Å². The van der Waals surface area contributed by atoms with E-state index in [-0.39, 0.29) is 10.9 Å².